The number of aliphatic hydroxyl groups is 1. The van der Waals surface area contributed by atoms with Crippen molar-refractivity contribution in [3.05, 3.63) is 12.7 Å². The van der Waals surface area contributed by atoms with Crippen LogP contribution in [-0.2, 0) is 14.3 Å². The number of amides is 1. The highest BCUT2D eigenvalue weighted by Crippen LogP contribution is 2.49. The largest absolute Gasteiger partial charge is 0.381 e. The van der Waals surface area contributed by atoms with E-state index in [4.69, 9.17) is 9.47 Å². The van der Waals surface area contributed by atoms with Crippen LogP contribution in [0.2, 0.25) is 0 Å². The summed E-state index contributed by atoms with van der Waals surface area (Å²) in [6, 6.07) is -0.00173. The summed E-state index contributed by atoms with van der Waals surface area (Å²) in [4.78, 5) is 15.3. The standard InChI is InChI=1S/C24H41NO4/c1-7-16(5)29-21-13-15(4)17-11-12-18-19(9-8-10-20(28-6)22(18)21)24(27)25(14(2)3)23(17)26/h7,14-22,24,27H,1,8-13H2,2-6H3. The Hall–Kier alpha value is -0.910. The second-order valence-electron chi connectivity index (χ2n) is 9.88. The summed E-state index contributed by atoms with van der Waals surface area (Å²) in [5, 5.41) is 11.5. The van der Waals surface area contributed by atoms with Gasteiger partial charge in [-0.05, 0) is 64.7 Å². The monoisotopic (exact) mass is 407 g/mol. The first-order valence-electron chi connectivity index (χ1n) is 11.6. The Labute approximate surface area is 176 Å². The minimum Gasteiger partial charge on any atom is -0.381 e. The van der Waals surface area contributed by atoms with Crippen LogP contribution in [0.4, 0.5) is 0 Å². The molecule has 0 aromatic rings. The highest BCUT2D eigenvalue weighted by atomic mass is 16.5. The van der Waals surface area contributed by atoms with E-state index < -0.39 is 6.23 Å². The number of methoxy groups -OCH3 is 1. The van der Waals surface area contributed by atoms with Gasteiger partial charge in [0.05, 0.1) is 18.3 Å². The minimum absolute atomic E-state index is 0.00173. The van der Waals surface area contributed by atoms with E-state index in [1.54, 1.807) is 4.90 Å². The van der Waals surface area contributed by atoms with Crippen LogP contribution in [0.5, 0.6) is 0 Å². The summed E-state index contributed by atoms with van der Waals surface area (Å²) in [7, 11) is 1.81. The molecule has 0 radical (unpaired) electrons. The Morgan fingerprint density at radius 2 is 1.86 bits per heavy atom. The number of rotatable bonds is 5. The van der Waals surface area contributed by atoms with E-state index in [0.717, 1.165) is 38.5 Å². The zero-order valence-electron chi connectivity index (χ0n) is 18.9. The summed E-state index contributed by atoms with van der Waals surface area (Å²) >= 11 is 0. The van der Waals surface area contributed by atoms with E-state index in [1.807, 2.05) is 34.0 Å². The number of nitrogens with zero attached hydrogens (tertiary/aromatic N) is 1. The molecule has 3 aliphatic rings. The molecule has 0 aromatic carbocycles. The van der Waals surface area contributed by atoms with E-state index in [9.17, 15) is 9.90 Å². The predicted molar refractivity (Wildman–Crippen MR) is 114 cm³/mol. The van der Waals surface area contributed by atoms with Crippen molar-refractivity contribution in [2.75, 3.05) is 7.11 Å². The third-order valence-corrected chi connectivity index (χ3v) is 7.85. The van der Waals surface area contributed by atoms with Crippen LogP contribution in [0.15, 0.2) is 12.7 Å². The Morgan fingerprint density at radius 1 is 1.14 bits per heavy atom. The Bertz CT molecular complexity index is 579. The van der Waals surface area contributed by atoms with Gasteiger partial charge in [-0.3, -0.25) is 4.79 Å². The summed E-state index contributed by atoms with van der Waals surface area (Å²) < 4.78 is 12.5. The van der Waals surface area contributed by atoms with E-state index >= 15 is 0 Å². The highest BCUT2D eigenvalue weighted by Gasteiger charge is 2.51. The van der Waals surface area contributed by atoms with Gasteiger partial charge in [0.15, 0.2) is 0 Å². The number of hydrogen-bond acceptors (Lipinski definition) is 4. The zero-order valence-corrected chi connectivity index (χ0v) is 18.9. The van der Waals surface area contributed by atoms with Crippen LogP contribution >= 0.6 is 0 Å². The van der Waals surface area contributed by atoms with Gasteiger partial charge < -0.3 is 19.5 Å². The second kappa shape index (κ2) is 9.49. The van der Waals surface area contributed by atoms with Gasteiger partial charge in [-0.2, -0.15) is 0 Å². The lowest BCUT2D eigenvalue weighted by atomic mass is 9.65. The van der Waals surface area contributed by atoms with Gasteiger partial charge in [0, 0.05) is 30.9 Å². The molecule has 3 fully saturated rings. The van der Waals surface area contributed by atoms with E-state index in [1.165, 1.54) is 0 Å². The number of hydrogen-bond donors (Lipinski definition) is 1. The van der Waals surface area contributed by atoms with Crippen LogP contribution in [0, 0.1) is 29.6 Å². The van der Waals surface area contributed by atoms with Gasteiger partial charge in [0.1, 0.15) is 6.23 Å². The molecule has 29 heavy (non-hydrogen) atoms. The Kier molecular flexibility index (Phi) is 7.45. The van der Waals surface area contributed by atoms with E-state index in [-0.39, 0.29) is 53.9 Å². The molecular weight excluding hydrogens is 366 g/mol. The molecule has 2 bridgehead atoms. The van der Waals surface area contributed by atoms with Crippen molar-refractivity contribution in [2.24, 2.45) is 29.6 Å². The van der Waals surface area contributed by atoms with Crippen LogP contribution in [0.1, 0.15) is 66.2 Å². The molecule has 9 unspecified atom stereocenters. The van der Waals surface area contributed by atoms with Crippen molar-refractivity contribution >= 4 is 5.91 Å². The fourth-order valence-corrected chi connectivity index (χ4v) is 6.37. The third kappa shape index (κ3) is 4.42. The van der Waals surface area contributed by atoms with Gasteiger partial charge >= 0.3 is 0 Å². The number of likely N-dealkylation sites (tertiary alicyclic amines) is 1. The summed E-state index contributed by atoms with van der Waals surface area (Å²) in [5.74, 6) is 0.879. The first-order valence-corrected chi connectivity index (χ1v) is 11.6. The molecular formula is C24H41NO4. The Morgan fingerprint density at radius 3 is 2.48 bits per heavy atom. The van der Waals surface area contributed by atoms with Crippen LogP contribution in [0.25, 0.3) is 0 Å². The molecule has 166 valence electrons. The fraction of sp³-hybridized carbons (Fsp3) is 0.875. The molecule has 1 aliphatic heterocycles. The van der Waals surface area contributed by atoms with Crippen molar-refractivity contribution < 1.29 is 19.4 Å². The lowest BCUT2D eigenvalue weighted by molar-refractivity contribution is -0.175. The van der Waals surface area contributed by atoms with Gasteiger partial charge in [-0.15, -0.1) is 6.58 Å². The minimum atomic E-state index is -0.726. The zero-order chi connectivity index (χ0) is 21.3. The SMILES string of the molecule is C=CC(C)OC1CC(C)C2CCC3C(CCCC(OC)C13)C(O)N(C(C)C)C2=O. The lowest BCUT2D eigenvalue weighted by Crippen LogP contribution is -2.57. The molecule has 2 saturated carbocycles. The molecule has 5 heteroatoms. The average Bonchev–Trinajstić information content (AvgIpc) is 2.83. The first kappa shape index (κ1) is 22.8. The van der Waals surface area contributed by atoms with Crippen molar-refractivity contribution in [1.82, 2.24) is 4.90 Å². The summed E-state index contributed by atoms with van der Waals surface area (Å²) in [5.41, 5.74) is 0. The maximum absolute atomic E-state index is 13.5. The summed E-state index contributed by atoms with van der Waals surface area (Å²) in [6.07, 6.45) is 6.86. The molecule has 1 N–H and O–H groups in total. The molecule has 2 aliphatic carbocycles. The van der Waals surface area contributed by atoms with Crippen LogP contribution in [-0.4, -0.2) is 53.6 Å². The molecule has 1 heterocycles. The summed E-state index contributed by atoms with van der Waals surface area (Å²) in [6.45, 7) is 12.2. The molecule has 0 spiro atoms. The maximum Gasteiger partial charge on any atom is 0.228 e. The van der Waals surface area contributed by atoms with Gasteiger partial charge in [0.25, 0.3) is 0 Å². The first-order chi connectivity index (χ1) is 13.8. The number of fused-ring (bicyclic) bond motifs is 2. The van der Waals surface area contributed by atoms with Gasteiger partial charge in [-0.1, -0.05) is 19.4 Å². The lowest BCUT2D eigenvalue weighted by Gasteiger charge is -2.50. The molecule has 0 aromatic heterocycles. The van der Waals surface area contributed by atoms with Gasteiger partial charge in [-0.25, -0.2) is 0 Å². The smallest absolute Gasteiger partial charge is 0.228 e. The fourth-order valence-electron chi connectivity index (χ4n) is 6.37. The molecule has 1 amide bonds. The molecule has 1 saturated heterocycles. The number of carbonyl (C=O) groups is 1. The number of carbonyl (C=O) groups excluding carboxylic acids is 1. The third-order valence-electron chi connectivity index (χ3n) is 7.85. The Balaban J connectivity index is 2.08. The quantitative estimate of drug-likeness (QED) is 0.700. The number of ether oxygens (including phenoxy) is 2. The molecule has 5 nitrogen and oxygen atoms in total. The van der Waals surface area contributed by atoms with Crippen LogP contribution < -0.4 is 0 Å². The van der Waals surface area contributed by atoms with Crippen LogP contribution in [0.3, 0.4) is 0 Å². The van der Waals surface area contributed by atoms with Gasteiger partial charge in [0.2, 0.25) is 5.91 Å². The second-order valence-corrected chi connectivity index (χ2v) is 9.88. The van der Waals surface area contributed by atoms with Crippen molar-refractivity contribution in [3.8, 4) is 0 Å². The normalized spacial score (nSPS) is 41.9. The predicted octanol–water partition coefficient (Wildman–Crippen LogP) is 4.00. The van der Waals surface area contributed by atoms with Crippen molar-refractivity contribution in [3.63, 3.8) is 0 Å². The van der Waals surface area contributed by atoms with E-state index in [2.05, 4.69) is 13.5 Å². The molecule has 3 rings (SSSR count). The number of aliphatic hydroxyl groups excluding tert-OH is 1. The van der Waals surface area contributed by atoms with Crippen molar-refractivity contribution in [2.45, 2.75) is 96.8 Å². The topological polar surface area (TPSA) is 59.0 Å². The highest BCUT2D eigenvalue weighted by molar-refractivity contribution is 5.79. The van der Waals surface area contributed by atoms with Crippen molar-refractivity contribution in [1.29, 1.82) is 0 Å². The molecule has 9 atom stereocenters. The van der Waals surface area contributed by atoms with E-state index in [0.29, 0.717) is 5.92 Å². The average molecular weight is 408 g/mol. The maximum atomic E-state index is 13.5.